The molecule has 0 atom stereocenters. The Bertz CT molecular complexity index is 599. The lowest BCUT2D eigenvalue weighted by atomic mass is 9.99. The second-order valence-electron chi connectivity index (χ2n) is 3.73. The van der Waals surface area contributed by atoms with E-state index in [-0.39, 0.29) is 11.1 Å². The summed E-state index contributed by atoms with van der Waals surface area (Å²) in [5.41, 5.74) is 0.693. The third-order valence-corrected chi connectivity index (χ3v) is 2.47. The normalized spacial score (nSPS) is 10.3. The fourth-order valence-corrected chi connectivity index (χ4v) is 1.70. The molecule has 18 heavy (non-hydrogen) atoms. The lowest BCUT2D eigenvalue weighted by Crippen LogP contribution is -2.05. The maximum absolute atomic E-state index is 13.6. The van der Waals surface area contributed by atoms with Crippen molar-refractivity contribution in [3.63, 3.8) is 0 Å². The highest BCUT2D eigenvalue weighted by molar-refractivity contribution is 5.76. The van der Waals surface area contributed by atoms with Crippen LogP contribution < -0.4 is 0 Å². The molecule has 1 aromatic carbocycles. The molecule has 92 valence electrons. The number of benzene rings is 1. The quantitative estimate of drug-likeness (QED) is 0.909. The van der Waals surface area contributed by atoms with E-state index in [2.05, 4.69) is 4.98 Å². The largest absolute Gasteiger partial charge is 0.481 e. The van der Waals surface area contributed by atoms with Crippen LogP contribution in [0.4, 0.5) is 8.78 Å². The molecule has 0 fully saturated rings. The van der Waals surface area contributed by atoms with Crippen LogP contribution in [0.2, 0.25) is 0 Å². The highest BCUT2D eigenvalue weighted by atomic mass is 19.1. The van der Waals surface area contributed by atoms with E-state index in [1.807, 2.05) is 0 Å². The topological polar surface area (TPSA) is 50.2 Å². The standard InChI is InChI=1S/C13H9F2NO2/c14-9-3-1-2-8(4-9)11-6-16-7-12(15)10(11)5-13(17)18/h1-4,6-7H,5H2,(H,17,18). The van der Waals surface area contributed by atoms with Crippen molar-refractivity contribution < 1.29 is 18.7 Å². The zero-order valence-corrected chi connectivity index (χ0v) is 9.23. The minimum absolute atomic E-state index is 0.00287. The molecule has 1 heterocycles. The first-order valence-corrected chi connectivity index (χ1v) is 5.18. The molecular formula is C13H9F2NO2. The van der Waals surface area contributed by atoms with Crippen molar-refractivity contribution in [2.24, 2.45) is 0 Å². The lowest BCUT2D eigenvalue weighted by Gasteiger charge is -2.08. The van der Waals surface area contributed by atoms with Crippen LogP contribution in [0.1, 0.15) is 5.56 Å². The van der Waals surface area contributed by atoms with Gasteiger partial charge in [0.1, 0.15) is 11.6 Å². The molecule has 0 amide bonds. The highest BCUT2D eigenvalue weighted by Gasteiger charge is 2.14. The van der Waals surface area contributed by atoms with Crippen molar-refractivity contribution in [3.8, 4) is 11.1 Å². The van der Waals surface area contributed by atoms with Crippen molar-refractivity contribution in [2.45, 2.75) is 6.42 Å². The number of carboxylic acids is 1. The molecule has 0 unspecified atom stereocenters. The number of nitrogens with zero attached hydrogens (tertiary/aromatic N) is 1. The van der Waals surface area contributed by atoms with Gasteiger partial charge in [-0.2, -0.15) is 0 Å². The monoisotopic (exact) mass is 249 g/mol. The summed E-state index contributed by atoms with van der Waals surface area (Å²) in [6, 6.07) is 5.51. The van der Waals surface area contributed by atoms with Crippen LogP contribution in [0.25, 0.3) is 11.1 Å². The Hall–Kier alpha value is -2.30. The SMILES string of the molecule is O=C(O)Cc1c(F)cncc1-c1cccc(F)c1. The molecule has 0 spiro atoms. The molecule has 1 N–H and O–H groups in total. The number of aromatic nitrogens is 1. The van der Waals surface area contributed by atoms with E-state index in [9.17, 15) is 13.6 Å². The Morgan fingerprint density at radius 1 is 1.28 bits per heavy atom. The van der Waals surface area contributed by atoms with E-state index in [1.165, 1.54) is 24.4 Å². The van der Waals surface area contributed by atoms with Crippen molar-refractivity contribution >= 4 is 5.97 Å². The van der Waals surface area contributed by atoms with Gasteiger partial charge in [0.15, 0.2) is 0 Å². The van der Waals surface area contributed by atoms with Crippen LogP contribution in [-0.2, 0) is 11.2 Å². The highest BCUT2D eigenvalue weighted by Crippen LogP contribution is 2.25. The number of hydrogen-bond acceptors (Lipinski definition) is 2. The van der Waals surface area contributed by atoms with E-state index in [4.69, 9.17) is 5.11 Å². The first-order chi connectivity index (χ1) is 8.58. The fraction of sp³-hybridized carbons (Fsp3) is 0.0769. The summed E-state index contributed by atoms with van der Waals surface area (Å²) < 4.78 is 26.7. The van der Waals surface area contributed by atoms with E-state index in [1.54, 1.807) is 6.07 Å². The van der Waals surface area contributed by atoms with Gasteiger partial charge < -0.3 is 5.11 Å². The van der Waals surface area contributed by atoms with Gasteiger partial charge in [0.2, 0.25) is 0 Å². The van der Waals surface area contributed by atoms with E-state index < -0.39 is 24.0 Å². The number of carbonyl (C=O) groups is 1. The van der Waals surface area contributed by atoms with Crippen LogP contribution in [0.5, 0.6) is 0 Å². The molecule has 2 rings (SSSR count). The van der Waals surface area contributed by atoms with E-state index in [0.29, 0.717) is 5.56 Å². The van der Waals surface area contributed by atoms with Gasteiger partial charge in [-0.1, -0.05) is 12.1 Å². The van der Waals surface area contributed by atoms with Crippen molar-refractivity contribution in [2.75, 3.05) is 0 Å². The summed E-state index contributed by atoms with van der Waals surface area (Å²) in [6.45, 7) is 0. The first kappa shape index (κ1) is 12.2. The number of rotatable bonds is 3. The zero-order chi connectivity index (χ0) is 13.1. The maximum atomic E-state index is 13.6. The average Bonchev–Trinajstić information content (AvgIpc) is 2.31. The minimum Gasteiger partial charge on any atom is -0.481 e. The van der Waals surface area contributed by atoms with Gasteiger partial charge in [-0.15, -0.1) is 0 Å². The second-order valence-corrected chi connectivity index (χ2v) is 3.73. The van der Waals surface area contributed by atoms with Gasteiger partial charge in [0, 0.05) is 17.3 Å². The molecule has 3 nitrogen and oxygen atoms in total. The molecule has 0 saturated carbocycles. The number of aliphatic carboxylic acids is 1. The predicted octanol–water partition coefficient (Wildman–Crippen LogP) is 2.65. The van der Waals surface area contributed by atoms with E-state index >= 15 is 0 Å². The van der Waals surface area contributed by atoms with Crippen LogP contribution >= 0.6 is 0 Å². The molecule has 1 aromatic heterocycles. The van der Waals surface area contributed by atoms with Gasteiger partial charge in [-0.05, 0) is 17.7 Å². The Morgan fingerprint density at radius 2 is 2.06 bits per heavy atom. The third-order valence-electron chi connectivity index (χ3n) is 2.47. The predicted molar refractivity (Wildman–Crippen MR) is 60.9 cm³/mol. The molecular weight excluding hydrogens is 240 g/mol. The van der Waals surface area contributed by atoms with Gasteiger partial charge in [-0.25, -0.2) is 8.78 Å². The Balaban J connectivity index is 2.56. The summed E-state index contributed by atoms with van der Waals surface area (Å²) in [6.07, 6.45) is 1.80. The molecule has 2 aromatic rings. The smallest absolute Gasteiger partial charge is 0.307 e. The number of carboxylic acid groups (broad SMARTS) is 1. The molecule has 0 aliphatic heterocycles. The number of pyridine rings is 1. The van der Waals surface area contributed by atoms with Crippen LogP contribution in [0.3, 0.4) is 0 Å². The molecule has 5 heteroatoms. The number of halogens is 2. The van der Waals surface area contributed by atoms with Gasteiger partial charge in [-0.3, -0.25) is 9.78 Å². The molecule has 0 saturated heterocycles. The summed E-state index contributed by atoms with van der Waals surface area (Å²) in [5, 5.41) is 8.76. The number of hydrogen-bond donors (Lipinski definition) is 1. The van der Waals surface area contributed by atoms with Gasteiger partial charge >= 0.3 is 5.97 Å². The van der Waals surface area contributed by atoms with E-state index in [0.717, 1.165) is 6.20 Å². The zero-order valence-electron chi connectivity index (χ0n) is 9.23. The van der Waals surface area contributed by atoms with Crippen LogP contribution in [0, 0.1) is 11.6 Å². The molecule has 0 aliphatic carbocycles. The van der Waals surface area contributed by atoms with Gasteiger partial charge in [0.25, 0.3) is 0 Å². The summed E-state index contributed by atoms with van der Waals surface area (Å²) in [5.74, 6) is -2.34. The van der Waals surface area contributed by atoms with Crippen molar-refractivity contribution in [3.05, 3.63) is 53.9 Å². The first-order valence-electron chi connectivity index (χ1n) is 5.18. The minimum atomic E-state index is -1.15. The van der Waals surface area contributed by atoms with Crippen LogP contribution in [0.15, 0.2) is 36.7 Å². The fourth-order valence-electron chi connectivity index (χ4n) is 1.70. The lowest BCUT2D eigenvalue weighted by molar-refractivity contribution is -0.136. The second kappa shape index (κ2) is 4.91. The van der Waals surface area contributed by atoms with Crippen molar-refractivity contribution in [1.29, 1.82) is 0 Å². The summed E-state index contributed by atoms with van der Waals surface area (Å²) >= 11 is 0. The summed E-state index contributed by atoms with van der Waals surface area (Å²) in [4.78, 5) is 14.4. The average molecular weight is 249 g/mol. The van der Waals surface area contributed by atoms with Crippen molar-refractivity contribution in [1.82, 2.24) is 4.98 Å². The Kier molecular flexibility index (Phi) is 3.32. The van der Waals surface area contributed by atoms with Crippen LogP contribution in [-0.4, -0.2) is 16.1 Å². The van der Waals surface area contributed by atoms with Gasteiger partial charge in [0.05, 0.1) is 12.6 Å². The molecule has 0 aliphatic rings. The third kappa shape index (κ3) is 2.51. The molecule has 0 radical (unpaired) electrons. The Morgan fingerprint density at radius 3 is 2.72 bits per heavy atom. The Labute approximate surface area is 102 Å². The maximum Gasteiger partial charge on any atom is 0.307 e. The summed E-state index contributed by atoms with van der Waals surface area (Å²) in [7, 11) is 0. The molecule has 0 bridgehead atoms.